The first-order chi connectivity index (χ1) is 12.2. The molecule has 0 aliphatic carbocycles. The molecule has 0 radical (unpaired) electrons. The van der Waals surface area contributed by atoms with E-state index in [1.807, 2.05) is 23.6 Å². The van der Waals surface area contributed by atoms with Crippen LogP contribution in [-0.4, -0.2) is 46.0 Å². The molecule has 2 rings (SSSR count). The first kappa shape index (κ1) is 22.0. The number of halogens is 1. The van der Waals surface area contributed by atoms with Crippen LogP contribution in [0.1, 0.15) is 25.2 Å². The Morgan fingerprint density at radius 2 is 2.12 bits per heavy atom. The maximum atomic E-state index is 10.1. The van der Waals surface area contributed by atoms with Gasteiger partial charge in [-0.3, -0.25) is 0 Å². The van der Waals surface area contributed by atoms with Gasteiger partial charge >= 0.3 is 0 Å². The van der Waals surface area contributed by atoms with Crippen molar-refractivity contribution in [2.24, 2.45) is 4.99 Å². The van der Waals surface area contributed by atoms with Gasteiger partial charge in [0.25, 0.3) is 0 Å². The molecule has 0 atom stereocenters. The van der Waals surface area contributed by atoms with Gasteiger partial charge in [-0.05, 0) is 13.0 Å². The monoisotopic (exact) mass is 474 g/mol. The zero-order valence-corrected chi connectivity index (χ0v) is 17.7. The number of ether oxygens (including phenoxy) is 1. The normalized spacial score (nSPS) is 11.0. The van der Waals surface area contributed by atoms with E-state index in [9.17, 15) is 5.11 Å². The third-order valence-electron chi connectivity index (χ3n) is 3.71. The van der Waals surface area contributed by atoms with E-state index >= 15 is 0 Å². The number of phenols is 1. The van der Waals surface area contributed by atoms with Crippen LogP contribution in [0, 0.1) is 0 Å². The smallest absolute Gasteiger partial charge is 0.191 e. The molecule has 0 saturated heterocycles. The quantitative estimate of drug-likeness (QED) is 0.308. The zero-order chi connectivity index (χ0) is 18.1. The van der Waals surface area contributed by atoms with Crippen LogP contribution in [-0.2, 0) is 19.5 Å². The number of aliphatic imine (C=N–C) groups is 1. The number of phenolic OH excluding ortho intramolecular Hbond substituents is 1. The van der Waals surface area contributed by atoms with Gasteiger partial charge in [-0.15, -0.1) is 34.2 Å². The Bertz CT molecular complexity index is 704. The van der Waals surface area contributed by atoms with E-state index in [0.29, 0.717) is 30.4 Å². The summed E-state index contributed by atoms with van der Waals surface area (Å²) in [6, 6.07) is 5.38. The van der Waals surface area contributed by atoms with Crippen LogP contribution in [0.5, 0.6) is 11.5 Å². The average Bonchev–Trinajstić information content (AvgIpc) is 3.08. The van der Waals surface area contributed by atoms with Gasteiger partial charge in [0.1, 0.15) is 12.2 Å². The van der Waals surface area contributed by atoms with Crippen molar-refractivity contribution < 1.29 is 9.84 Å². The number of rotatable bonds is 8. The van der Waals surface area contributed by atoms with Crippen molar-refractivity contribution in [1.82, 2.24) is 25.4 Å². The van der Waals surface area contributed by atoms with Crippen LogP contribution >= 0.6 is 24.0 Å². The van der Waals surface area contributed by atoms with E-state index in [4.69, 9.17) is 4.74 Å². The fourth-order valence-corrected chi connectivity index (χ4v) is 2.40. The first-order valence-electron chi connectivity index (χ1n) is 8.43. The molecule has 2 aromatic rings. The number of benzene rings is 1. The predicted molar refractivity (Wildman–Crippen MR) is 112 cm³/mol. The molecule has 0 saturated carbocycles. The molecular weight excluding hydrogens is 447 g/mol. The van der Waals surface area contributed by atoms with Gasteiger partial charge in [0, 0.05) is 31.6 Å². The Hall–Kier alpha value is -2.04. The predicted octanol–water partition coefficient (Wildman–Crippen LogP) is 1.93. The summed E-state index contributed by atoms with van der Waals surface area (Å²) in [4.78, 5) is 4.52. The van der Waals surface area contributed by atoms with Gasteiger partial charge in [-0.1, -0.05) is 19.1 Å². The molecule has 26 heavy (non-hydrogen) atoms. The van der Waals surface area contributed by atoms with Crippen molar-refractivity contribution in [2.75, 3.05) is 20.2 Å². The number of guanidine groups is 1. The van der Waals surface area contributed by atoms with Gasteiger partial charge < -0.3 is 25.0 Å². The molecule has 0 bridgehead atoms. The summed E-state index contributed by atoms with van der Waals surface area (Å²) in [5.74, 6) is 2.23. The summed E-state index contributed by atoms with van der Waals surface area (Å²) in [5.41, 5.74) is 0.712. The largest absolute Gasteiger partial charge is 0.504 e. The molecule has 0 fully saturated rings. The summed E-state index contributed by atoms with van der Waals surface area (Å²) in [6.07, 6.45) is 2.59. The first-order valence-corrected chi connectivity index (χ1v) is 8.43. The van der Waals surface area contributed by atoms with E-state index in [-0.39, 0.29) is 29.7 Å². The second-order valence-corrected chi connectivity index (χ2v) is 5.38. The molecule has 144 valence electrons. The maximum Gasteiger partial charge on any atom is 0.191 e. The van der Waals surface area contributed by atoms with Crippen molar-refractivity contribution in [3.8, 4) is 11.5 Å². The molecule has 8 nitrogen and oxygen atoms in total. The Labute approximate surface area is 171 Å². The van der Waals surface area contributed by atoms with E-state index in [1.54, 1.807) is 12.4 Å². The third kappa shape index (κ3) is 6.04. The fraction of sp³-hybridized carbons (Fsp3) is 0.471. The number of methoxy groups -OCH3 is 1. The van der Waals surface area contributed by atoms with Crippen LogP contribution in [0.15, 0.2) is 29.5 Å². The number of hydrogen-bond acceptors (Lipinski definition) is 5. The highest BCUT2D eigenvalue weighted by Gasteiger charge is 2.07. The zero-order valence-electron chi connectivity index (χ0n) is 15.4. The number of nitrogens with one attached hydrogen (secondary N) is 2. The van der Waals surface area contributed by atoms with E-state index < -0.39 is 0 Å². The molecule has 1 aromatic carbocycles. The Morgan fingerprint density at radius 3 is 2.81 bits per heavy atom. The van der Waals surface area contributed by atoms with E-state index in [2.05, 4.69) is 32.7 Å². The molecule has 0 spiro atoms. The van der Waals surface area contributed by atoms with Crippen molar-refractivity contribution >= 4 is 29.9 Å². The highest BCUT2D eigenvalue weighted by atomic mass is 127. The van der Waals surface area contributed by atoms with Crippen LogP contribution in [0.4, 0.5) is 0 Å². The lowest BCUT2D eigenvalue weighted by molar-refractivity contribution is 0.370. The number of para-hydroxylation sites is 1. The maximum absolute atomic E-state index is 10.1. The highest BCUT2D eigenvalue weighted by molar-refractivity contribution is 14.0. The van der Waals surface area contributed by atoms with Crippen molar-refractivity contribution in [1.29, 1.82) is 0 Å². The van der Waals surface area contributed by atoms with Crippen molar-refractivity contribution in [2.45, 2.75) is 33.4 Å². The molecule has 0 unspecified atom stereocenters. The average molecular weight is 474 g/mol. The SMILES string of the molecule is CCNC(=NCc1cccc(OC)c1O)NCCn1cnnc1CC.I. The third-order valence-corrected chi connectivity index (χ3v) is 3.71. The van der Waals surface area contributed by atoms with Crippen LogP contribution in [0.25, 0.3) is 0 Å². The van der Waals surface area contributed by atoms with Gasteiger partial charge in [0.15, 0.2) is 17.5 Å². The Balaban J connectivity index is 0.00000338. The summed E-state index contributed by atoms with van der Waals surface area (Å²) in [7, 11) is 1.53. The molecule has 3 N–H and O–H groups in total. The van der Waals surface area contributed by atoms with Gasteiger partial charge in [0.2, 0.25) is 0 Å². The lowest BCUT2D eigenvalue weighted by Gasteiger charge is -2.13. The standard InChI is InChI=1S/C17H26N6O2.HI/c1-4-15-22-21-12-23(15)10-9-19-17(18-5-2)20-11-13-7-6-8-14(25-3)16(13)24;/h6-8,12,24H,4-5,9-11H2,1-3H3,(H2,18,19,20);1H. The summed E-state index contributed by atoms with van der Waals surface area (Å²) < 4.78 is 7.14. The number of hydrogen-bond donors (Lipinski definition) is 3. The minimum Gasteiger partial charge on any atom is -0.504 e. The number of nitrogens with zero attached hydrogens (tertiary/aromatic N) is 4. The second-order valence-electron chi connectivity index (χ2n) is 5.38. The molecule has 9 heteroatoms. The lowest BCUT2D eigenvalue weighted by Crippen LogP contribution is -2.38. The summed E-state index contributed by atoms with van der Waals surface area (Å²) >= 11 is 0. The van der Waals surface area contributed by atoms with Gasteiger partial charge in [-0.25, -0.2) is 4.99 Å². The van der Waals surface area contributed by atoms with E-state index in [1.165, 1.54) is 7.11 Å². The van der Waals surface area contributed by atoms with E-state index in [0.717, 1.165) is 25.3 Å². The summed E-state index contributed by atoms with van der Waals surface area (Å²) in [5, 5.41) is 24.6. The molecule has 1 aromatic heterocycles. The summed E-state index contributed by atoms with van der Waals surface area (Å²) in [6.45, 7) is 6.62. The Morgan fingerprint density at radius 1 is 1.31 bits per heavy atom. The minimum absolute atomic E-state index is 0. The second kappa shape index (κ2) is 11.6. The van der Waals surface area contributed by atoms with Gasteiger partial charge in [0.05, 0.1) is 13.7 Å². The van der Waals surface area contributed by atoms with Crippen molar-refractivity contribution in [3.05, 3.63) is 35.9 Å². The van der Waals surface area contributed by atoms with Crippen LogP contribution in [0.3, 0.4) is 0 Å². The minimum atomic E-state index is 0. The lowest BCUT2D eigenvalue weighted by atomic mass is 10.2. The number of aryl methyl sites for hydroxylation is 1. The highest BCUT2D eigenvalue weighted by Crippen LogP contribution is 2.29. The fourth-order valence-electron chi connectivity index (χ4n) is 2.40. The van der Waals surface area contributed by atoms with Gasteiger partial charge in [-0.2, -0.15) is 0 Å². The molecular formula is C17H27IN6O2. The topological polar surface area (TPSA) is 96.6 Å². The van der Waals surface area contributed by atoms with Crippen LogP contribution in [0.2, 0.25) is 0 Å². The molecule has 1 heterocycles. The number of aromatic hydroxyl groups is 1. The Kier molecular flexibility index (Phi) is 9.78. The van der Waals surface area contributed by atoms with Crippen molar-refractivity contribution in [3.63, 3.8) is 0 Å². The van der Waals surface area contributed by atoms with Crippen LogP contribution < -0.4 is 15.4 Å². The molecule has 0 aliphatic heterocycles. The molecule has 0 amide bonds. The molecule has 0 aliphatic rings. The number of aromatic nitrogens is 3.